The molecule has 1 unspecified atom stereocenters. The summed E-state index contributed by atoms with van der Waals surface area (Å²) in [5.74, 6) is -0.137. The lowest BCUT2D eigenvalue weighted by atomic mass is 10.1. The molecule has 18 heavy (non-hydrogen) atoms. The Labute approximate surface area is 112 Å². The van der Waals surface area contributed by atoms with Crippen LogP contribution < -0.4 is 10.6 Å². The molecule has 0 aliphatic carbocycles. The monoisotopic (exact) mass is 265 g/mol. The van der Waals surface area contributed by atoms with Gasteiger partial charge in [-0.3, -0.25) is 4.79 Å². The van der Waals surface area contributed by atoms with E-state index >= 15 is 0 Å². The summed E-state index contributed by atoms with van der Waals surface area (Å²) in [4.78, 5) is 11.8. The maximum atomic E-state index is 11.8. The van der Waals surface area contributed by atoms with E-state index in [2.05, 4.69) is 10.6 Å². The fourth-order valence-electron chi connectivity index (χ4n) is 1.62. The zero-order valence-electron chi connectivity index (χ0n) is 10.5. The van der Waals surface area contributed by atoms with Crippen molar-refractivity contribution in [2.24, 2.45) is 0 Å². The standard InChI is InChI=1S/C13H16ClN3O/c1-3-16-9(2)6-13(18)17-12-7-11(14)5-4-10(12)8-15/h4-5,7,9,16H,3,6H2,1-2H3,(H,17,18). The first-order valence-electron chi connectivity index (χ1n) is 5.79. The number of nitriles is 1. The van der Waals surface area contributed by atoms with Gasteiger partial charge in [0.05, 0.1) is 11.3 Å². The minimum atomic E-state index is -0.137. The molecule has 2 N–H and O–H groups in total. The van der Waals surface area contributed by atoms with Gasteiger partial charge >= 0.3 is 0 Å². The smallest absolute Gasteiger partial charge is 0.225 e. The first-order valence-corrected chi connectivity index (χ1v) is 6.17. The van der Waals surface area contributed by atoms with E-state index in [1.54, 1.807) is 18.2 Å². The molecule has 1 atom stereocenters. The fraction of sp³-hybridized carbons (Fsp3) is 0.385. The van der Waals surface area contributed by atoms with Gasteiger partial charge in [-0.05, 0) is 31.7 Å². The Kier molecular flexibility index (Phi) is 5.63. The number of halogens is 1. The van der Waals surface area contributed by atoms with E-state index in [0.29, 0.717) is 22.7 Å². The number of hydrogen-bond donors (Lipinski definition) is 2. The summed E-state index contributed by atoms with van der Waals surface area (Å²) in [6.45, 7) is 4.74. The molecule has 0 bridgehead atoms. The highest BCUT2D eigenvalue weighted by atomic mass is 35.5. The molecule has 0 aliphatic heterocycles. The fourth-order valence-corrected chi connectivity index (χ4v) is 1.79. The second-order valence-electron chi connectivity index (χ2n) is 4.01. The Morgan fingerprint density at radius 1 is 1.56 bits per heavy atom. The van der Waals surface area contributed by atoms with Crippen LogP contribution in [0.25, 0.3) is 0 Å². The van der Waals surface area contributed by atoms with Crippen LogP contribution in [0.3, 0.4) is 0 Å². The SMILES string of the molecule is CCNC(C)CC(=O)Nc1cc(Cl)ccc1C#N. The molecule has 0 heterocycles. The molecule has 0 saturated carbocycles. The number of carbonyl (C=O) groups excluding carboxylic acids is 1. The van der Waals surface area contributed by atoms with Crippen molar-refractivity contribution >= 4 is 23.2 Å². The van der Waals surface area contributed by atoms with Crippen LogP contribution in [0.15, 0.2) is 18.2 Å². The summed E-state index contributed by atoms with van der Waals surface area (Å²) in [5.41, 5.74) is 0.863. The van der Waals surface area contributed by atoms with Crippen molar-refractivity contribution in [2.45, 2.75) is 26.3 Å². The van der Waals surface area contributed by atoms with E-state index in [1.807, 2.05) is 19.9 Å². The molecule has 96 valence electrons. The second kappa shape index (κ2) is 7.00. The van der Waals surface area contributed by atoms with Gasteiger partial charge in [-0.1, -0.05) is 18.5 Å². The number of nitrogens with zero attached hydrogens (tertiary/aromatic N) is 1. The van der Waals surface area contributed by atoms with Crippen LogP contribution in [0.4, 0.5) is 5.69 Å². The topological polar surface area (TPSA) is 64.9 Å². The van der Waals surface area contributed by atoms with Crippen molar-refractivity contribution in [3.63, 3.8) is 0 Å². The predicted molar refractivity (Wildman–Crippen MR) is 72.6 cm³/mol. The molecule has 1 aromatic rings. The third kappa shape index (κ3) is 4.36. The number of benzene rings is 1. The van der Waals surface area contributed by atoms with Crippen LogP contribution in [0.1, 0.15) is 25.8 Å². The average molecular weight is 266 g/mol. The number of nitrogens with one attached hydrogen (secondary N) is 2. The minimum Gasteiger partial charge on any atom is -0.325 e. The number of hydrogen-bond acceptors (Lipinski definition) is 3. The van der Waals surface area contributed by atoms with Gasteiger partial charge < -0.3 is 10.6 Å². The number of anilines is 1. The van der Waals surface area contributed by atoms with E-state index < -0.39 is 0 Å². The summed E-state index contributed by atoms with van der Waals surface area (Å²) < 4.78 is 0. The van der Waals surface area contributed by atoms with Crippen LogP contribution in [0.2, 0.25) is 5.02 Å². The van der Waals surface area contributed by atoms with E-state index in [-0.39, 0.29) is 11.9 Å². The Hall–Kier alpha value is -1.57. The predicted octanol–water partition coefficient (Wildman–Crippen LogP) is 2.54. The second-order valence-corrected chi connectivity index (χ2v) is 4.45. The first kappa shape index (κ1) is 14.5. The molecule has 1 rings (SSSR count). The van der Waals surface area contributed by atoms with Gasteiger partial charge in [-0.15, -0.1) is 0 Å². The molecule has 1 amide bonds. The van der Waals surface area contributed by atoms with E-state index in [4.69, 9.17) is 16.9 Å². The molecule has 0 spiro atoms. The summed E-state index contributed by atoms with van der Waals surface area (Å²) in [6, 6.07) is 6.90. The van der Waals surface area contributed by atoms with Crippen molar-refractivity contribution in [2.75, 3.05) is 11.9 Å². The van der Waals surface area contributed by atoms with Gasteiger partial charge in [0.1, 0.15) is 6.07 Å². The van der Waals surface area contributed by atoms with E-state index in [0.717, 1.165) is 6.54 Å². The highest BCUT2D eigenvalue weighted by molar-refractivity contribution is 6.31. The van der Waals surface area contributed by atoms with Crippen LogP contribution in [0.5, 0.6) is 0 Å². The number of rotatable bonds is 5. The lowest BCUT2D eigenvalue weighted by Gasteiger charge is -2.12. The maximum Gasteiger partial charge on any atom is 0.225 e. The van der Waals surface area contributed by atoms with Gasteiger partial charge in [-0.25, -0.2) is 0 Å². The van der Waals surface area contributed by atoms with Crippen molar-refractivity contribution in [3.05, 3.63) is 28.8 Å². The quantitative estimate of drug-likeness (QED) is 0.860. The van der Waals surface area contributed by atoms with Crippen LogP contribution in [-0.2, 0) is 4.79 Å². The summed E-state index contributed by atoms with van der Waals surface area (Å²) >= 11 is 5.84. The van der Waals surface area contributed by atoms with Crippen molar-refractivity contribution in [3.8, 4) is 6.07 Å². The summed E-state index contributed by atoms with van der Waals surface area (Å²) in [6.07, 6.45) is 0.352. The van der Waals surface area contributed by atoms with E-state index in [1.165, 1.54) is 0 Å². The van der Waals surface area contributed by atoms with Gasteiger partial charge in [0.25, 0.3) is 0 Å². The number of amides is 1. The molecule has 0 saturated heterocycles. The zero-order valence-corrected chi connectivity index (χ0v) is 11.2. The van der Waals surface area contributed by atoms with Crippen LogP contribution >= 0.6 is 11.6 Å². The molecular weight excluding hydrogens is 250 g/mol. The average Bonchev–Trinajstić information content (AvgIpc) is 2.29. The molecule has 1 aromatic carbocycles. The van der Waals surface area contributed by atoms with Crippen molar-refractivity contribution in [1.29, 1.82) is 5.26 Å². The highest BCUT2D eigenvalue weighted by Gasteiger charge is 2.10. The molecule has 4 nitrogen and oxygen atoms in total. The van der Waals surface area contributed by atoms with Crippen molar-refractivity contribution < 1.29 is 4.79 Å². The van der Waals surface area contributed by atoms with Gasteiger partial charge in [0.2, 0.25) is 5.91 Å². The molecule has 0 aromatic heterocycles. The Bertz CT molecular complexity index is 468. The van der Waals surface area contributed by atoms with E-state index in [9.17, 15) is 4.79 Å². The Balaban J connectivity index is 2.70. The zero-order chi connectivity index (χ0) is 13.5. The lowest BCUT2D eigenvalue weighted by molar-refractivity contribution is -0.116. The van der Waals surface area contributed by atoms with Crippen LogP contribution in [0, 0.1) is 11.3 Å². The minimum absolute atomic E-state index is 0.0970. The molecule has 5 heteroatoms. The first-order chi connectivity index (χ1) is 8.56. The normalized spacial score (nSPS) is 11.7. The van der Waals surface area contributed by atoms with Gasteiger partial charge in [-0.2, -0.15) is 5.26 Å². The molecule has 0 aliphatic rings. The Morgan fingerprint density at radius 2 is 2.28 bits per heavy atom. The van der Waals surface area contributed by atoms with Gasteiger partial charge in [0, 0.05) is 17.5 Å². The summed E-state index contributed by atoms with van der Waals surface area (Å²) in [5, 5.41) is 15.3. The van der Waals surface area contributed by atoms with Crippen molar-refractivity contribution in [1.82, 2.24) is 5.32 Å². The largest absolute Gasteiger partial charge is 0.325 e. The Morgan fingerprint density at radius 3 is 2.89 bits per heavy atom. The third-order valence-electron chi connectivity index (χ3n) is 2.42. The maximum absolute atomic E-state index is 11.8. The van der Waals surface area contributed by atoms with Gasteiger partial charge in [0.15, 0.2) is 0 Å². The summed E-state index contributed by atoms with van der Waals surface area (Å²) in [7, 11) is 0. The third-order valence-corrected chi connectivity index (χ3v) is 2.66. The molecule has 0 radical (unpaired) electrons. The van der Waals surface area contributed by atoms with Crippen LogP contribution in [-0.4, -0.2) is 18.5 Å². The number of carbonyl (C=O) groups is 1. The molecule has 0 fully saturated rings. The lowest BCUT2D eigenvalue weighted by Crippen LogP contribution is -2.30. The highest BCUT2D eigenvalue weighted by Crippen LogP contribution is 2.20. The molecular formula is C13H16ClN3O.